The number of benzene rings is 2. The van der Waals surface area contributed by atoms with Gasteiger partial charge in [0.05, 0.1) is 0 Å². The zero-order chi connectivity index (χ0) is 19.4. The lowest BCUT2D eigenvalue weighted by molar-refractivity contribution is -0.112. The predicted octanol–water partition coefficient (Wildman–Crippen LogP) is 5.76. The van der Waals surface area contributed by atoms with Crippen molar-refractivity contribution in [3.05, 3.63) is 82.1 Å². The highest BCUT2D eigenvalue weighted by Gasteiger charge is 2.13. The first-order valence-electron chi connectivity index (χ1n) is 8.33. The monoisotopic (exact) mass is 376 g/mol. The minimum Gasteiger partial charge on any atom is -0.457 e. The Bertz CT molecular complexity index is 1060. The fourth-order valence-corrected chi connectivity index (χ4v) is 2.69. The molecule has 0 saturated heterocycles. The van der Waals surface area contributed by atoms with Gasteiger partial charge in [0.1, 0.15) is 23.2 Å². The van der Waals surface area contributed by atoms with Gasteiger partial charge in [0, 0.05) is 22.3 Å². The molecular weight excluding hydrogens is 360 g/mol. The number of carbonyl (C=O) groups is 1. The number of amides is 1. The number of hydrogen-bond acceptors (Lipinski definition) is 3. The first-order valence-corrected chi connectivity index (χ1v) is 8.71. The summed E-state index contributed by atoms with van der Waals surface area (Å²) in [7, 11) is 0. The molecule has 5 heteroatoms. The van der Waals surface area contributed by atoms with Gasteiger partial charge >= 0.3 is 0 Å². The lowest BCUT2D eigenvalue weighted by atomic mass is 10.1. The predicted molar refractivity (Wildman–Crippen MR) is 107 cm³/mol. The van der Waals surface area contributed by atoms with Crippen LogP contribution in [0.5, 0.6) is 0 Å². The van der Waals surface area contributed by atoms with E-state index in [4.69, 9.17) is 16.0 Å². The van der Waals surface area contributed by atoms with Gasteiger partial charge in [-0.15, -0.1) is 0 Å². The third-order valence-electron chi connectivity index (χ3n) is 4.26. The quantitative estimate of drug-likeness (QED) is 0.464. The van der Waals surface area contributed by atoms with E-state index in [2.05, 4.69) is 5.32 Å². The van der Waals surface area contributed by atoms with Gasteiger partial charge in [0.15, 0.2) is 0 Å². The smallest absolute Gasteiger partial charge is 0.266 e. The lowest BCUT2D eigenvalue weighted by Crippen LogP contribution is -2.14. The van der Waals surface area contributed by atoms with E-state index < -0.39 is 5.91 Å². The van der Waals surface area contributed by atoms with Crippen LogP contribution in [0.25, 0.3) is 17.4 Å². The maximum Gasteiger partial charge on any atom is 0.266 e. The van der Waals surface area contributed by atoms with Crippen molar-refractivity contribution in [3.63, 3.8) is 0 Å². The molecule has 2 aromatic carbocycles. The summed E-state index contributed by atoms with van der Waals surface area (Å²) in [4.78, 5) is 12.5. The van der Waals surface area contributed by atoms with Gasteiger partial charge in [0.25, 0.3) is 5.91 Å². The normalized spacial score (nSPS) is 11.1. The number of carbonyl (C=O) groups excluding carboxylic acids is 1. The van der Waals surface area contributed by atoms with Crippen LogP contribution >= 0.6 is 11.6 Å². The van der Waals surface area contributed by atoms with Crippen molar-refractivity contribution in [2.75, 3.05) is 5.32 Å². The Morgan fingerprint density at radius 1 is 1.11 bits per heavy atom. The molecular formula is C22H17ClN2O2. The van der Waals surface area contributed by atoms with Crippen LogP contribution in [-0.2, 0) is 4.79 Å². The molecule has 1 heterocycles. The molecule has 0 fully saturated rings. The highest BCUT2D eigenvalue weighted by Crippen LogP contribution is 2.25. The van der Waals surface area contributed by atoms with Crippen molar-refractivity contribution in [2.45, 2.75) is 13.8 Å². The Morgan fingerprint density at radius 3 is 2.56 bits per heavy atom. The number of furan rings is 1. The topological polar surface area (TPSA) is 66.0 Å². The van der Waals surface area contributed by atoms with E-state index >= 15 is 0 Å². The highest BCUT2D eigenvalue weighted by atomic mass is 35.5. The summed E-state index contributed by atoms with van der Waals surface area (Å²) < 4.78 is 5.73. The molecule has 0 unspecified atom stereocenters. The first-order chi connectivity index (χ1) is 13.0. The fraction of sp³-hybridized carbons (Fsp3) is 0.0909. The number of anilines is 1. The minimum absolute atomic E-state index is 0.0343. The summed E-state index contributed by atoms with van der Waals surface area (Å²) in [6.07, 6.45) is 1.43. The van der Waals surface area contributed by atoms with E-state index in [-0.39, 0.29) is 5.57 Å². The third kappa shape index (κ3) is 4.28. The average Bonchev–Trinajstić information content (AvgIpc) is 3.12. The molecule has 3 rings (SSSR count). The largest absolute Gasteiger partial charge is 0.457 e. The van der Waals surface area contributed by atoms with Gasteiger partial charge in [-0.25, -0.2) is 0 Å². The molecule has 27 heavy (non-hydrogen) atoms. The summed E-state index contributed by atoms with van der Waals surface area (Å²) in [6.45, 7) is 3.89. The van der Waals surface area contributed by atoms with Crippen LogP contribution in [0.2, 0.25) is 5.02 Å². The van der Waals surface area contributed by atoms with Crippen molar-refractivity contribution in [1.29, 1.82) is 5.26 Å². The first kappa shape index (κ1) is 18.5. The standard InChI is InChI=1S/C22H17ClN2O2/c1-14-4-3-5-20(15(14)2)25-22(26)17(13-24)12-19-10-11-21(27-19)16-6-8-18(23)9-7-16/h3-12H,1-2H3,(H,25,26)/b17-12+. The van der Waals surface area contributed by atoms with Crippen LogP contribution in [0.1, 0.15) is 16.9 Å². The Kier molecular flexibility index (Phi) is 5.44. The molecule has 0 aliphatic carbocycles. The Morgan fingerprint density at radius 2 is 1.85 bits per heavy atom. The molecule has 0 radical (unpaired) electrons. The summed E-state index contributed by atoms with van der Waals surface area (Å²) in [5, 5.41) is 12.8. The molecule has 1 aromatic heterocycles. The molecule has 0 saturated carbocycles. The number of nitrogens with zero attached hydrogens (tertiary/aromatic N) is 1. The van der Waals surface area contributed by atoms with E-state index in [0.29, 0.717) is 22.2 Å². The molecule has 0 spiro atoms. The van der Waals surface area contributed by atoms with Crippen molar-refractivity contribution < 1.29 is 9.21 Å². The van der Waals surface area contributed by atoms with Gasteiger partial charge in [0.2, 0.25) is 0 Å². The molecule has 4 nitrogen and oxygen atoms in total. The van der Waals surface area contributed by atoms with Gasteiger partial charge < -0.3 is 9.73 Å². The number of nitriles is 1. The lowest BCUT2D eigenvalue weighted by Gasteiger charge is -2.09. The van der Waals surface area contributed by atoms with Crippen LogP contribution in [0.3, 0.4) is 0 Å². The van der Waals surface area contributed by atoms with Gasteiger partial charge in [-0.2, -0.15) is 5.26 Å². The van der Waals surface area contributed by atoms with Crippen molar-refractivity contribution in [1.82, 2.24) is 0 Å². The Hall–Kier alpha value is -3.29. The van der Waals surface area contributed by atoms with Crippen molar-refractivity contribution >= 4 is 29.3 Å². The Labute approximate surface area is 162 Å². The van der Waals surface area contributed by atoms with Crippen LogP contribution in [0.15, 0.2) is 64.6 Å². The zero-order valence-electron chi connectivity index (χ0n) is 14.9. The van der Waals surface area contributed by atoms with Gasteiger partial charge in [-0.1, -0.05) is 23.7 Å². The van der Waals surface area contributed by atoms with Crippen molar-refractivity contribution in [2.24, 2.45) is 0 Å². The number of aryl methyl sites for hydroxylation is 1. The van der Waals surface area contributed by atoms with Gasteiger partial charge in [-0.3, -0.25) is 4.79 Å². The molecule has 0 atom stereocenters. The Balaban J connectivity index is 1.82. The molecule has 134 valence electrons. The maximum atomic E-state index is 12.5. The van der Waals surface area contributed by atoms with E-state index in [1.807, 2.05) is 44.2 Å². The van der Waals surface area contributed by atoms with E-state index in [9.17, 15) is 10.1 Å². The summed E-state index contributed by atoms with van der Waals surface area (Å²) in [5.41, 5.74) is 3.54. The average molecular weight is 377 g/mol. The van der Waals surface area contributed by atoms with Crippen LogP contribution in [0.4, 0.5) is 5.69 Å². The van der Waals surface area contributed by atoms with E-state index in [0.717, 1.165) is 16.7 Å². The maximum absolute atomic E-state index is 12.5. The molecule has 0 aliphatic heterocycles. The number of hydrogen-bond donors (Lipinski definition) is 1. The van der Waals surface area contributed by atoms with Crippen LogP contribution in [-0.4, -0.2) is 5.91 Å². The number of halogens is 1. The molecule has 1 amide bonds. The molecule has 0 bridgehead atoms. The van der Waals surface area contributed by atoms with Crippen LogP contribution < -0.4 is 5.32 Å². The second-order valence-electron chi connectivity index (χ2n) is 6.08. The molecule has 0 aliphatic rings. The summed E-state index contributed by atoms with van der Waals surface area (Å²) >= 11 is 5.89. The van der Waals surface area contributed by atoms with E-state index in [1.165, 1.54) is 6.08 Å². The second kappa shape index (κ2) is 7.94. The fourth-order valence-electron chi connectivity index (χ4n) is 2.57. The summed E-state index contributed by atoms with van der Waals surface area (Å²) in [6, 6.07) is 18.3. The van der Waals surface area contributed by atoms with Crippen LogP contribution in [0, 0.1) is 25.2 Å². The number of nitrogens with one attached hydrogen (secondary N) is 1. The second-order valence-corrected chi connectivity index (χ2v) is 6.52. The number of rotatable bonds is 4. The highest BCUT2D eigenvalue weighted by molar-refractivity contribution is 6.30. The minimum atomic E-state index is -0.476. The molecule has 3 aromatic rings. The zero-order valence-corrected chi connectivity index (χ0v) is 15.7. The summed E-state index contributed by atoms with van der Waals surface area (Å²) in [5.74, 6) is 0.577. The third-order valence-corrected chi connectivity index (χ3v) is 4.51. The SMILES string of the molecule is Cc1cccc(NC(=O)/C(C#N)=C/c2ccc(-c3ccc(Cl)cc3)o2)c1C. The van der Waals surface area contributed by atoms with E-state index in [1.54, 1.807) is 30.3 Å². The van der Waals surface area contributed by atoms with Gasteiger partial charge in [-0.05, 0) is 67.4 Å². The molecule has 1 N–H and O–H groups in total. The van der Waals surface area contributed by atoms with Crippen molar-refractivity contribution in [3.8, 4) is 17.4 Å².